The van der Waals surface area contributed by atoms with Crippen LogP contribution in [0.2, 0.25) is 0 Å². The van der Waals surface area contributed by atoms with Crippen molar-refractivity contribution in [1.82, 2.24) is 0 Å². The molecule has 5 nitrogen and oxygen atoms in total. The van der Waals surface area contributed by atoms with Crippen molar-refractivity contribution in [2.45, 2.75) is 0 Å². The van der Waals surface area contributed by atoms with E-state index in [9.17, 15) is 0 Å². The molecule has 0 aromatic heterocycles. The van der Waals surface area contributed by atoms with Gasteiger partial charge in [0.1, 0.15) is 13.2 Å². The first-order chi connectivity index (χ1) is 6.83. The molecule has 2 rings (SSSR count). The smallest absolute Gasteiger partial charge is 0.172 e. The Kier molecular flexibility index (Phi) is 2.14. The van der Waals surface area contributed by atoms with Gasteiger partial charge in [-0.2, -0.15) is 5.10 Å². The quantitative estimate of drug-likeness (QED) is 0.285. The van der Waals surface area contributed by atoms with E-state index in [1.54, 1.807) is 6.07 Å². The van der Waals surface area contributed by atoms with Crippen LogP contribution in [-0.4, -0.2) is 19.0 Å². The minimum absolute atomic E-state index is 0.243. The van der Waals surface area contributed by atoms with E-state index in [4.69, 9.17) is 21.1 Å². The monoisotopic (exact) mass is 193 g/mol. The van der Waals surface area contributed by atoms with E-state index in [2.05, 4.69) is 5.10 Å². The summed E-state index contributed by atoms with van der Waals surface area (Å²) in [6.45, 7) is 1.07. The summed E-state index contributed by atoms with van der Waals surface area (Å²) in [5.41, 5.74) is 6.28. The molecule has 4 N–H and O–H groups in total. The lowest BCUT2D eigenvalue weighted by atomic mass is 10.1. The number of hydrogen-bond acceptors (Lipinski definition) is 4. The van der Waals surface area contributed by atoms with Crippen molar-refractivity contribution < 1.29 is 9.47 Å². The highest BCUT2D eigenvalue weighted by molar-refractivity contribution is 6.00. The average Bonchev–Trinajstić information content (AvgIpc) is 2.27. The molecule has 1 heterocycles. The highest BCUT2D eigenvalue weighted by Gasteiger charge is 2.17. The minimum Gasteiger partial charge on any atom is -0.486 e. The van der Waals surface area contributed by atoms with Gasteiger partial charge in [-0.05, 0) is 12.1 Å². The zero-order chi connectivity index (χ0) is 9.97. The van der Waals surface area contributed by atoms with Crippen LogP contribution in [0.1, 0.15) is 5.56 Å². The summed E-state index contributed by atoms with van der Waals surface area (Å²) in [4.78, 5) is 0. The summed E-state index contributed by atoms with van der Waals surface area (Å²) in [6, 6.07) is 5.43. The molecule has 1 aromatic carbocycles. The lowest BCUT2D eigenvalue weighted by Crippen LogP contribution is -2.21. The molecule has 0 radical (unpaired) electrons. The van der Waals surface area contributed by atoms with Crippen molar-refractivity contribution in [3.63, 3.8) is 0 Å². The molecule has 5 heteroatoms. The Hall–Kier alpha value is -1.91. The molecule has 0 bridgehead atoms. The van der Waals surface area contributed by atoms with Gasteiger partial charge in [0.15, 0.2) is 17.3 Å². The third-order valence-electron chi connectivity index (χ3n) is 1.98. The van der Waals surface area contributed by atoms with Crippen LogP contribution in [-0.2, 0) is 0 Å². The maximum Gasteiger partial charge on any atom is 0.172 e. The predicted octanol–water partition coefficient (Wildman–Crippen LogP) is 0.0368. The first-order valence-corrected chi connectivity index (χ1v) is 4.25. The van der Waals surface area contributed by atoms with Gasteiger partial charge in [-0.25, -0.2) is 0 Å². The third-order valence-corrected chi connectivity index (χ3v) is 1.98. The Bertz CT molecular complexity index is 376. The van der Waals surface area contributed by atoms with Gasteiger partial charge in [-0.3, -0.25) is 0 Å². The fraction of sp³-hybridized carbons (Fsp3) is 0.222. The number of hydrogen-bond donors (Lipinski definition) is 2. The van der Waals surface area contributed by atoms with E-state index in [1.807, 2.05) is 12.1 Å². The Morgan fingerprint density at radius 3 is 2.86 bits per heavy atom. The largest absolute Gasteiger partial charge is 0.486 e. The van der Waals surface area contributed by atoms with Gasteiger partial charge >= 0.3 is 0 Å². The molecule has 0 aliphatic carbocycles. The number of hydrazone groups is 1. The predicted molar refractivity (Wildman–Crippen MR) is 52.3 cm³/mol. The van der Waals surface area contributed by atoms with Crippen molar-refractivity contribution in [2.75, 3.05) is 13.2 Å². The summed E-state index contributed by atoms with van der Waals surface area (Å²) < 4.78 is 10.8. The molecule has 0 unspecified atom stereocenters. The van der Waals surface area contributed by atoms with Crippen LogP contribution in [0.25, 0.3) is 0 Å². The molecule has 0 fully saturated rings. The average molecular weight is 193 g/mol. The van der Waals surface area contributed by atoms with Gasteiger partial charge in [0, 0.05) is 0 Å². The van der Waals surface area contributed by atoms with Crippen LogP contribution in [0, 0.1) is 0 Å². The number of ether oxygens (including phenoxy) is 2. The minimum atomic E-state index is 0.243. The molecule has 1 aromatic rings. The Morgan fingerprint density at radius 1 is 1.29 bits per heavy atom. The molecule has 74 valence electrons. The standard InChI is InChI=1S/C9H11N3O2/c10-9(12-11)6-2-1-3-7-8(6)14-5-4-13-7/h1-3H,4-5,11H2,(H2,10,12). The van der Waals surface area contributed by atoms with E-state index in [0.29, 0.717) is 30.3 Å². The van der Waals surface area contributed by atoms with Crippen molar-refractivity contribution >= 4 is 5.84 Å². The van der Waals surface area contributed by atoms with E-state index in [-0.39, 0.29) is 5.84 Å². The Labute approximate surface area is 81.3 Å². The Balaban J connectivity index is 2.50. The van der Waals surface area contributed by atoms with Crippen LogP contribution in [0.5, 0.6) is 11.5 Å². The second kappa shape index (κ2) is 3.45. The zero-order valence-electron chi connectivity index (χ0n) is 7.56. The molecule has 0 saturated carbocycles. The highest BCUT2D eigenvalue weighted by atomic mass is 16.6. The first-order valence-electron chi connectivity index (χ1n) is 4.25. The number of nitrogens with zero attached hydrogens (tertiary/aromatic N) is 1. The van der Waals surface area contributed by atoms with E-state index < -0.39 is 0 Å². The van der Waals surface area contributed by atoms with Gasteiger partial charge in [-0.15, -0.1) is 0 Å². The number of nitrogens with two attached hydrogens (primary N) is 2. The molecule has 0 spiro atoms. The van der Waals surface area contributed by atoms with Crippen molar-refractivity contribution in [2.24, 2.45) is 16.7 Å². The van der Waals surface area contributed by atoms with E-state index in [1.165, 1.54) is 0 Å². The SMILES string of the molecule is N/N=C(/N)c1cccc2c1OCCO2. The van der Waals surface area contributed by atoms with Gasteiger partial charge in [0.25, 0.3) is 0 Å². The van der Waals surface area contributed by atoms with E-state index >= 15 is 0 Å². The number of amidine groups is 1. The van der Waals surface area contributed by atoms with Crippen molar-refractivity contribution in [1.29, 1.82) is 0 Å². The second-order valence-corrected chi connectivity index (χ2v) is 2.84. The van der Waals surface area contributed by atoms with Crippen LogP contribution in [0.15, 0.2) is 23.3 Å². The molecule has 0 atom stereocenters. The highest BCUT2D eigenvalue weighted by Crippen LogP contribution is 2.33. The fourth-order valence-electron chi connectivity index (χ4n) is 1.34. The summed E-state index contributed by atoms with van der Waals surface area (Å²) in [5.74, 6) is 6.64. The van der Waals surface area contributed by atoms with E-state index in [0.717, 1.165) is 0 Å². The summed E-state index contributed by atoms with van der Waals surface area (Å²) >= 11 is 0. The first kappa shape index (κ1) is 8.68. The molecular formula is C9H11N3O2. The van der Waals surface area contributed by atoms with Crippen molar-refractivity contribution in [3.8, 4) is 11.5 Å². The number of para-hydroxylation sites is 1. The Morgan fingerprint density at radius 2 is 2.07 bits per heavy atom. The molecule has 0 amide bonds. The fourth-order valence-corrected chi connectivity index (χ4v) is 1.34. The van der Waals surface area contributed by atoms with Crippen LogP contribution in [0.4, 0.5) is 0 Å². The molecule has 1 aliphatic heterocycles. The van der Waals surface area contributed by atoms with Gasteiger partial charge in [0.05, 0.1) is 5.56 Å². The second-order valence-electron chi connectivity index (χ2n) is 2.84. The number of fused-ring (bicyclic) bond motifs is 1. The molecule has 1 aliphatic rings. The summed E-state index contributed by atoms with van der Waals surface area (Å²) in [6.07, 6.45) is 0. The molecule has 14 heavy (non-hydrogen) atoms. The lowest BCUT2D eigenvalue weighted by molar-refractivity contribution is 0.171. The summed E-state index contributed by atoms with van der Waals surface area (Å²) in [7, 11) is 0. The molecule has 0 saturated heterocycles. The lowest BCUT2D eigenvalue weighted by Gasteiger charge is -2.20. The van der Waals surface area contributed by atoms with Gasteiger partial charge in [0.2, 0.25) is 0 Å². The van der Waals surface area contributed by atoms with Crippen LogP contribution in [0.3, 0.4) is 0 Å². The van der Waals surface area contributed by atoms with Gasteiger partial charge < -0.3 is 21.1 Å². The number of rotatable bonds is 1. The number of benzene rings is 1. The maximum absolute atomic E-state index is 5.61. The molecular weight excluding hydrogens is 182 g/mol. The van der Waals surface area contributed by atoms with Gasteiger partial charge in [-0.1, -0.05) is 6.07 Å². The maximum atomic E-state index is 5.61. The normalized spacial score (nSPS) is 15.3. The van der Waals surface area contributed by atoms with Crippen molar-refractivity contribution in [3.05, 3.63) is 23.8 Å². The summed E-state index contributed by atoms with van der Waals surface area (Å²) in [5, 5.41) is 3.43. The third kappa shape index (κ3) is 1.32. The van der Waals surface area contributed by atoms with Crippen LogP contribution >= 0.6 is 0 Å². The zero-order valence-corrected chi connectivity index (χ0v) is 7.56. The van der Waals surface area contributed by atoms with Crippen LogP contribution < -0.4 is 21.1 Å². The topological polar surface area (TPSA) is 82.9 Å².